The Morgan fingerprint density at radius 2 is 1.06 bits per heavy atom. The minimum absolute atomic E-state index is 0.955. The molecular formula is C28H25BCl3N. The first-order chi connectivity index (χ1) is 15.8. The summed E-state index contributed by atoms with van der Waals surface area (Å²) in [7, 11) is 0. The molecule has 0 aliphatic carbocycles. The van der Waals surface area contributed by atoms with Crippen molar-refractivity contribution in [3.8, 4) is 11.7 Å². The fourth-order valence-corrected chi connectivity index (χ4v) is 3.89. The molecule has 0 bridgehead atoms. The van der Waals surface area contributed by atoms with Gasteiger partial charge in [-0.15, -0.1) is 0 Å². The zero-order chi connectivity index (χ0) is 23.7. The van der Waals surface area contributed by atoms with Crippen LogP contribution in [0.3, 0.4) is 0 Å². The van der Waals surface area contributed by atoms with E-state index in [1.54, 1.807) is 0 Å². The number of alkyl halides is 3. The van der Waals surface area contributed by atoms with Crippen molar-refractivity contribution >= 4 is 57.3 Å². The van der Waals surface area contributed by atoms with E-state index in [4.69, 9.17) is 34.8 Å². The van der Waals surface area contributed by atoms with Crippen LogP contribution < -0.4 is 21.4 Å². The number of hydrogen-bond donors (Lipinski definition) is 0. The highest BCUT2D eigenvalue weighted by Crippen LogP contribution is 2.23. The van der Waals surface area contributed by atoms with Gasteiger partial charge in [-0.25, -0.2) is 4.98 Å². The lowest BCUT2D eigenvalue weighted by Crippen LogP contribution is -2.66. The van der Waals surface area contributed by atoms with Gasteiger partial charge in [0.1, 0.15) is 6.15 Å². The number of halogens is 3. The molecule has 4 aromatic rings. The number of aromatic amines is 1. The van der Waals surface area contributed by atoms with Crippen LogP contribution >= 0.6 is 34.8 Å². The van der Waals surface area contributed by atoms with E-state index in [0.717, 1.165) is 11.3 Å². The van der Waals surface area contributed by atoms with E-state index in [2.05, 4.69) is 121 Å². The molecule has 0 aliphatic heterocycles. The molecule has 0 amide bonds. The van der Waals surface area contributed by atoms with Gasteiger partial charge in [0.25, 0.3) is 5.69 Å². The van der Waals surface area contributed by atoms with E-state index in [1.165, 1.54) is 23.3 Å². The fraction of sp³-hybridized carbons (Fsp3) is 0.107. The average molecular weight is 493 g/mol. The number of aromatic nitrogens is 1. The molecule has 0 aliphatic rings. The quantitative estimate of drug-likeness (QED) is 0.211. The van der Waals surface area contributed by atoms with Crippen molar-refractivity contribution in [3.05, 3.63) is 121 Å². The molecule has 166 valence electrons. The van der Waals surface area contributed by atoms with Gasteiger partial charge in [-0.1, -0.05) is 126 Å². The Morgan fingerprint density at radius 1 is 0.667 bits per heavy atom. The summed E-state index contributed by atoms with van der Waals surface area (Å²) in [5, 5.41) is 0. The van der Waals surface area contributed by atoms with Gasteiger partial charge in [-0.3, -0.25) is 5.82 Å². The van der Waals surface area contributed by atoms with Crippen LogP contribution in [-0.4, -0.2) is 9.94 Å². The predicted octanol–water partition coefficient (Wildman–Crippen LogP) is 5.25. The number of aryl methyl sites for hydroxylation is 1. The normalized spacial score (nSPS) is 10.9. The van der Waals surface area contributed by atoms with Gasteiger partial charge in [0.2, 0.25) is 0 Å². The highest BCUT2D eigenvalue weighted by molar-refractivity contribution is 7.16. The van der Waals surface area contributed by atoms with Gasteiger partial charge in [-0.05, 0) is 25.8 Å². The lowest BCUT2D eigenvalue weighted by atomic mass is 9.16. The van der Waals surface area contributed by atoms with E-state index < -0.39 is 9.94 Å². The van der Waals surface area contributed by atoms with Crippen molar-refractivity contribution in [2.45, 2.75) is 17.6 Å². The summed E-state index contributed by atoms with van der Waals surface area (Å²) in [6, 6.07) is 36.0. The largest absolute Gasteiger partial charge is 0.286 e. The van der Waals surface area contributed by atoms with Crippen molar-refractivity contribution in [2.75, 3.05) is 0 Å². The third-order valence-corrected chi connectivity index (χ3v) is 5.38. The molecular weight excluding hydrogens is 467 g/mol. The average Bonchev–Trinajstić information content (AvgIpc) is 2.82. The Morgan fingerprint density at radius 3 is 1.42 bits per heavy atom. The Labute approximate surface area is 211 Å². The molecule has 1 heterocycles. The Bertz CT molecular complexity index is 1110. The van der Waals surface area contributed by atoms with Crippen LogP contribution in [0.4, 0.5) is 0 Å². The summed E-state index contributed by atoms with van der Waals surface area (Å²) in [5.74, 6) is 7.19. The van der Waals surface area contributed by atoms with Crippen LogP contribution in [0.5, 0.6) is 0 Å². The molecule has 0 saturated carbocycles. The van der Waals surface area contributed by atoms with Gasteiger partial charge in [0.15, 0.2) is 9.99 Å². The summed E-state index contributed by atoms with van der Waals surface area (Å²) in [4.78, 5) is 3.30. The van der Waals surface area contributed by atoms with Gasteiger partial charge < -0.3 is 0 Å². The highest BCUT2D eigenvalue weighted by Gasteiger charge is 2.28. The third-order valence-electron chi connectivity index (χ3n) is 5.38. The van der Waals surface area contributed by atoms with Crippen molar-refractivity contribution in [3.63, 3.8) is 0 Å². The summed E-state index contributed by atoms with van der Waals surface area (Å²) in [5.41, 5.74) is 5.77. The van der Waals surface area contributed by atoms with Crippen molar-refractivity contribution < 1.29 is 4.98 Å². The molecule has 0 spiro atoms. The molecule has 0 fully saturated rings. The maximum atomic E-state index is 5.06. The molecule has 4 rings (SSSR count). The zero-order valence-corrected chi connectivity index (χ0v) is 20.9. The number of hydrogen-bond acceptors (Lipinski definition) is 0. The minimum atomic E-state index is -1.44. The van der Waals surface area contributed by atoms with Crippen LogP contribution in [-0.2, 0) is 0 Å². The maximum absolute atomic E-state index is 5.06. The summed E-state index contributed by atoms with van der Waals surface area (Å²) >= 11 is 15.2. The monoisotopic (exact) mass is 491 g/mol. The van der Waals surface area contributed by atoms with Crippen LogP contribution in [0.2, 0.25) is 0 Å². The standard InChI is InChI=1S/C26H21BN.C2H3Cl3/c1-22-12-11-21-28-26(22)19-20-27(23-13-5-2-6-14-23,24-15-7-3-8-16-24)25-17-9-4-10-18-25;1-2(3,4)5/h2-18,21H,1H3;1H3/q-1;/p+1. The first-order valence-electron chi connectivity index (χ1n) is 10.7. The van der Waals surface area contributed by atoms with Crippen LogP contribution in [0, 0.1) is 18.7 Å². The molecule has 0 saturated heterocycles. The lowest BCUT2D eigenvalue weighted by molar-refractivity contribution is -0.382. The maximum Gasteiger partial charge on any atom is 0.254 e. The minimum Gasteiger partial charge on any atom is -0.286 e. The third kappa shape index (κ3) is 6.89. The first kappa shape index (κ1) is 24.9. The first-order valence-corrected chi connectivity index (χ1v) is 11.8. The number of benzene rings is 3. The summed E-state index contributed by atoms with van der Waals surface area (Å²) in [6.45, 7) is 3.57. The van der Waals surface area contributed by atoms with Crippen molar-refractivity contribution in [1.82, 2.24) is 0 Å². The summed E-state index contributed by atoms with van der Waals surface area (Å²) < 4.78 is -1.08. The van der Waals surface area contributed by atoms with Gasteiger partial charge in [0, 0.05) is 11.6 Å². The van der Waals surface area contributed by atoms with E-state index >= 15 is 0 Å². The second-order valence-electron chi connectivity index (χ2n) is 7.88. The highest BCUT2D eigenvalue weighted by atomic mass is 35.6. The van der Waals surface area contributed by atoms with Gasteiger partial charge >= 0.3 is 0 Å². The van der Waals surface area contributed by atoms with E-state index in [-0.39, 0.29) is 0 Å². The number of H-pyrrole nitrogens is 1. The van der Waals surface area contributed by atoms with E-state index in [1.807, 2.05) is 12.3 Å². The van der Waals surface area contributed by atoms with Gasteiger partial charge in [-0.2, -0.15) is 16.4 Å². The summed E-state index contributed by atoms with van der Waals surface area (Å²) in [6.07, 6.45) is 0.494. The zero-order valence-electron chi connectivity index (χ0n) is 18.6. The SMILES string of the molecule is CC(Cl)(Cl)Cl.Cc1ccc[nH+]c1C#C[B-](c1ccccc1)(c1ccccc1)c1ccccc1. The molecule has 0 unspecified atom stereocenters. The van der Waals surface area contributed by atoms with Gasteiger partial charge in [0.05, 0.1) is 0 Å². The molecule has 3 aromatic carbocycles. The van der Waals surface area contributed by atoms with E-state index in [0.29, 0.717) is 0 Å². The smallest absolute Gasteiger partial charge is 0.254 e. The molecule has 1 N–H and O–H groups in total. The predicted molar refractivity (Wildman–Crippen MR) is 145 cm³/mol. The molecule has 33 heavy (non-hydrogen) atoms. The molecule has 1 nitrogen and oxygen atoms in total. The molecule has 5 heteroatoms. The molecule has 1 aromatic heterocycles. The van der Waals surface area contributed by atoms with Crippen LogP contribution in [0.25, 0.3) is 0 Å². The van der Waals surface area contributed by atoms with E-state index in [9.17, 15) is 0 Å². The topological polar surface area (TPSA) is 14.1 Å². The van der Waals surface area contributed by atoms with Crippen LogP contribution in [0.1, 0.15) is 18.2 Å². The lowest BCUT2D eigenvalue weighted by Gasteiger charge is -2.38. The number of nitrogens with one attached hydrogen (secondary N) is 1. The second kappa shape index (κ2) is 11.4. The fourth-order valence-electron chi connectivity index (χ4n) is 3.89. The van der Waals surface area contributed by atoms with Crippen LogP contribution in [0.15, 0.2) is 109 Å². The molecule has 0 atom stereocenters. The Hall–Kier alpha value is -2.70. The van der Waals surface area contributed by atoms with Crippen molar-refractivity contribution in [1.29, 1.82) is 0 Å². The Kier molecular flexibility index (Phi) is 8.64. The Balaban J connectivity index is 0.000000555. The van der Waals surface area contributed by atoms with Crippen molar-refractivity contribution in [2.24, 2.45) is 0 Å². The second-order valence-corrected chi connectivity index (χ2v) is 10.7. The number of rotatable bonds is 3. The molecule has 0 radical (unpaired) electrons. The number of pyridine rings is 1.